The number of aromatic nitrogens is 3. The second-order valence-electron chi connectivity index (χ2n) is 8.76. The number of nitrogens with one attached hydrogen (secondary N) is 2. The molecule has 2 heterocycles. The van der Waals surface area contributed by atoms with E-state index < -0.39 is 0 Å². The number of carbonyl (C=O) groups excluding carboxylic acids is 1. The molecule has 0 aliphatic heterocycles. The van der Waals surface area contributed by atoms with Crippen molar-refractivity contribution < 1.29 is 13.9 Å². The van der Waals surface area contributed by atoms with Gasteiger partial charge in [0.05, 0.1) is 29.7 Å². The molecule has 2 N–H and O–H groups in total. The predicted molar refractivity (Wildman–Crippen MR) is 138 cm³/mol. The van der Waals surface area contributed by atoms with E-state index in [-0.39, 0.29) is 17.6 Å². The SMILES string of the molecule is COc1ccc(C(CNC(=O)c2c(C)nn(-c3ccc(F)cc3)c2C)c2c[nH]c3ccccc23)cc1. The zero-order valence-electron chi connectivity index (χ0n) is 20.4. The molecular weight excluding hydrogens is 455 g/mol. The van der Waals surface area contributed by atoms with Crippen LogP contribution in [-0.4, -0.2) is 34.3 Å². The van der Waals surface area contributed by atoms with E-state index in [1.54, 1.807) is 23.9 Å². The van der Waals surface area contributed by atoms with E-state index in [0.717, 1.165) is 27.8 Å². The molecule has 5 aromatic rings. The molecule has 0 radical (unpaired) electrons. The van der Waals surface area contributed by atoms with Gasteiger partial charge in [-0.25, -0.2) is 9.07 Å². The second-order valence-corrected chi connectivity index (χ2v) is 8.76. The van der Waals surface area contributed by atoms with Crippen molar-refractivity contribution in [1.82, 2.24) is 20.1 Å². The van der Waals surface area contributed by atoms with Crippen LogP contribution < -0.4 is 10.1 Å². The number of H-pyrrole nitrogens is 1. The number of para-hydroxylation sites is 1. The van der Waals surface area contributed by atoms with Crippen molar-refractivity contribution >= 4 is 16.8 Å². The van der Waals surface area contributed by atoms with Gasteiger partial charge >= 0.3 is 0 Å². The normalized spacial score (nSPS) is 12.0. The first kappa shape index (κ1) is 23.4. The molecule has 1 unspecified atom stereocenters. The summed E-state index contributed by atoms with van der Waals surface area (Å²) in [5.41, 5.74) is 5.75. The van der Waals surface area contributed by atoms with Crippen molar-refractivity contribution in [1.29, 1.82) is 0 Å². The number of aryl methyl sites for hydroxylation is 1. The summed E-state index contributed by atoms with van der Waals surface area (Å²) in [4.78, 5) is 16.7. The molecule has 3 aromatic carbocycles. The first-order chi connectivity index (χ1) is 17.5. The van der Waals surface area contributed by atoms with Crippen LogP contribution in [0.2, 0.25) is 0 Å². The van der Waals surface area contributed by atoms with Gasteiger partial charge in [-0.1, -0.05) is 30.3 Å². The Morgan fingerprint density at radius 2 is 1.78 bits per heavy atom. The summed E-state index contributed by atoms with van der Waals surface area (Å²) in [7, 11) is 1.64. The molecule has 0 aliphatic rings. The van der Waals surface area contributed by atoms with Gasteiger partial charge in [-0.2, -0.15) is 5.10 Å². The van der Waals surface area contributed by atoms with E-state index in [0.29, 0.717) is 29.2 Å². The first-order valence-corrected chi connectivity index (χ1v) is 11.8. The summed E-state index contributed by atoms with van der Waals surface area (Å²) in [6.45, 7) is 4.05. The number of rotatable bonds is 7. The summed E-state index contributed by atoms with van der Waals surface area (Å²) in [5, 5.41) is 8.79. The third kappa shape index (κ3) is 4.35. The molecule has 1 atom stereocenters. The highest BCUT2D eigenvalue weighted by molar-refractivity contribution is 5.96. The molecule has 1 amide bonds. The number of ether oxygens (including phenoxy) is 1. The Labute approximate surface area is 208 Å². The lowest BCUT2D eigenvalue weighted by Gasteiger charge is -2.19. The molecule has 0 bridgehead atoms. The van der Waals surface area contributed by atoms with Crippen LogP contribution in [0.3, 0.4) is 0 Å². The average molecular weight is 483 g/mol. The molecule has 0 saturated carbocycles. The number of hydrogen-bond acceptors (Lipinski definition) is 3. The summed E-state index contributed by atoms with van der Waals surface area (Å²) >= 11 is 0. The van der Waals surface area contributed by atoms with E-state index >= 15 is 0 Å². The third-order valence-corrected chi connectivity index (χ3v) is 6.57. The highest BCUT2D eigenvalue weighted by atomic mass is 19.1. The number of halogens is 1. The molecule has 2 aromatic heterocycles. The maximum Gasteiger partial charge on any atom is 0.255 e. The number of amides is 1. The van der Waals surface area contributed by atoms with Crippen LogP contribution >= 0.6 is 0 Å². The van der Waals surface area contributed by atoms with Crippen LogP contribution in [0.15, 0.2) is 79.0 Å². The number of fused-ring (bicyclic) bond motifs is 1. The Bertz CT molecular complexity index is 1520. The van der Waals surface area contributed by atoms with Crippen molar-refractivity contribution in [2.45, 2.75) is 19.8 Å². The van der Waals surface area contributed by atoms with Crippen LogP contribution in [0.4, 0.5) is 4.39 Å². The van der Waals surface area contributed by atoms with Crippen molar-refractivity contribution in [3.63, 3.8) is 0 Å². The fourth-order valence-corrected chi connectivity index (χ4v) is 4.71. The molecule has 0 spiro atoms. The molecule has 36 heavy (non-hydrogen) atoms. The summed E-state index contributed by atoms with van der Waals surface area (Å²) in [6.07, 6.45) is 2.01. The number of nitrogens with zero attached hydrogens (tertiary/aromatic N) is 2. The van der Waals surface area contributed by atoms with Gasteiger partial charge in [0, 0.05) is 29.6 Å². The topological polar surface area (TPSA) is 71.9 Å². The number of hydrogen-bond donors (Lipinski definition) is 2. The van der Waals surface area contributed by atoms with Gasteiger partial charge in [0.2, 0.25) is 0 Å². The maximum atomic E-state index is 13.4. The molecule has 182 valence electrons. The maximum absolute atomic E-state index is 13.4. The van der Waals surface area contributed by atoms with Gasteiger partial charge in [-0.3, -0.25) is 4.79 Å². The van der Waals surface area contributed by atoms with Crippen LogP contribution in [-0.2, 0) is 0 Å². The zero-order valence-corrected chi connectivity index (χ0v) is 20.4. The Balaban J connectivity index is 1.45. The van der Waals surface area contributed by atoms with E-state index in [9.17, 15) is 9.18 Å². The quantitative estimate of drug-likeness (QED) is 0.314. The van der Waals surface area contributed by atoms with Gasteiger partial charge in [0.15, 0.2) is 0 Å². The van der Waals surface area contributed by atoms with Crippen LogP contribution in [0.1, 0.15) is 38.8 Å². The molecule has 0 fully saturated rings. The minimum atomic E-state index is -0.319. The Kier molecular flexibility index (Phi) is 6.29. The largest absolute Gasteiger partial charge is 0.497 e. The minimum Gasteiger partial charge on any atom is -0.497 e. The minimum absolute atomic E-state index is 0.0799. The highest BCUT2D eigenvalue weighted by Gasteiger charge is 2.23. The standard InChI is InChI=1S/C29H27FN4O2/c1-18-28(19(2)34(33-18)22-12-10-21(30)11-13-22)29(35)32-16-25(20-8-14-23(36-3)15-9-20)26-17-31-27-7-5-4-6-24(26)27/h4-15,17,25,31H,16H2,1-3H3,(H,32,35). The summed E-state index contributed by atoms with van der Waals surface area (Å²) < 4.78 is 20.4. The Morgan fingerprint density at radius 3 is 2.50 bits per heavy atom. The number of methoxy groups -OCH3 is 1. The monoisotopic (exact) mass is 482 g/mol. The van der Waals surface area contributed by atoms with Crippen molar-refractivity contribution in [2.24, 2.45) is 0 Å². The van der Waals surface area contributed by atoms with Crippen LogP contribution in [0.5, 0.6) is 5.75 Å². The van der Waals surface area contributed by atoms with E-state index in [1.165, 1.54) is 12.1 Å². The van der Waals surface area contributed by atoms with Gasteiger partial charge in [-0.15, -0.1) is 0 Å². The number of carbonyl (C=O) groups is 1. The highest BCUT2D eigenvalue weighted by Crippen LogP contribution is 2.31. The van der Waals surface area contributed by atoms with Crippen LogP contribution in [0, 0.1) is 19.7 Å². The molecule has 5 rings (SSSR count). The number of benzene rings is 3. The van der Waals surface area contributed by atoms with E-state index in [1.807, 2.05) is 62.5 Å². The lowest BCUT2D eigenvalue weighted by atomic mass is 9.90. The molecule has 0 aliphatic carbocycles. The smallest absolute Gasteiger partial charge is 0.255 e. The lowest BCUT2D eigenvalue weighted by molar-refractivity contribution is 0.0951. The zero-order chi connectivity index (χ0) is 25.2. The fraction of sp³-hybridized carbons (Fsp3) is 0.172. The second kappa shape index (κ2) is 9.70. The molecule has 0 saturated heterocycles. The van der Waals surface area contributed by atoms with Gasteiger partial charge in [0.1, 0.15) is 11.6 Å². The Morgan fingerprint density at radius 1 is 1.06 bits per heavy atom. The fourth-order valence-electron chi connectivity index (χ4n) is 4.71. The van der Waals surface area contributed by atoms with Crippen molar-refractivity contribution in [2.75, 3.05) is 13.7 Å². The van der Waals surface area contributed by atoms with E-state index in [2.05, 4.69) is 21.5 Å². The first-order valence-electron chi connectivity index (χ1n) is 11.8. The third-order valence-electron chi connectivity index (χ3n) is 6.57. The molecule has 6 nitrogen and oxygen atoms in total. The van der Waals surface area contributed by atoms with Crippen LogP contribution in [0.25, 0.3) is 16.6 Å². The average Bonchev–Trinajstić information content (AvgIpc) is 3.45. The van der Waals surface area contributed by atoms with Gasteiger partial charge in [0.25, 0.3) is 5.91 Å². The van der Waals surface area contributed by atoms with Crippen molar-refractivity contribution in [3.8, 4) is 11.4 Å². The molecular formula is C29H27FN4O2. The predicted octanol–water partition coefficient (Wildman–Crippen LogP) is 5.68. The van der Waals surface area contributed by atoms with Gasteiger partial charge in [-0.05, 0) is 67.4 Å². The summed E-state index contributed by atoms with van der Waals surface area (Å²) in [5.74, 6) is 0.181. The Hall–Kier alpha value is -4.39. The van der Waals surface area contributed by atoms with Gasteiger partial charge < -0.3 is 15.0 Å². The number of aromatic amines is 1. The van der Waals surface area contributed by atoms with E-state index in [4.69, 9.17) is 4.74 Å². The summed E-state index contributed by atoms with van der Waals surface area (Å²) in [6, 6.07) is 22.1. The van der Waals surface area contributed by atoms with Crippen molar-refractivity contribution in [3.05, 3.63) is 113 Å². The molecule has 7 heteroatoms. The lowest BCUT2D eigenvalue weighted by Crippen LogP contribution is -2.29.